The Bertz CT molecular complexity index is 1420. The molecule has 0 fully saturated rings. The third-order valence-electron chi connectivity index (χ3n) is 6.47. The molecule has 228 valence electrons. The van der Waals surface area contributed by atoms with E-state index in [-0.39, 0.29) is 0 Å². The molecule has 0 radical (unpaired) electrons. The van der Waals surface area contributed by atoms with Crippen LogP contribution in [-0.4, -0.2) is 69.6 Å². The Morgan fingerprint density at radius 1 is 0.488 bits per heavy atom. The van der Waals surface area contributed by atoms with Gasteiger partial charge in [-0.2, -0.15) is 0 Å². The molecule has 43 heavy (non-hydrogen) atoms. The highest BCUT2D eigenvalue weighted by atomic mass is 31.2. The van der Waals surface area contributed by atoms with Gasteiger partial charge in [-0.25, -0.2) is 9.34 Å². The number of hydrogen-bond acceptors (Lipinski definition) is 7. The Kier molecular flexibility index (Phi) is 10.6. The Hall–Kier alpha value is -4.21. The highest BCUT2D eigenvalue weighted by Crippen LogP contribution is 2.59. The third kappa shape index (κ3) is 7.42. The predicted octanol–water partition coefficient (Wildman–Crippen LogP) is 6.85. The number of ether oxygens (including phenoxy) is 5. The second-order valence-electron chi connectivity index (χ2n) is 9.73. The van der Waals surface area contributed by atoms with E-state index in [1.165, 1.54) is 0 Å². The summed E-state index contributed by atoms with van der Waals surface area (Å²) in [4.78, 5) is 11.0. The smallest absolute Gasteiger partial charge is 0.497 e. The summed E-state index contributed by atoms with van der Waals surface area (Å²) in [6.07, 6.45) is -1.88. The minimum Gasteiger partial charge on any atom is -0.497 e. The molecular weight excluding hydrogens is 567 g/mol. The molecule has 0 aliphatic heterocycles. The van der Waals surface area contributed by atoms with Crippen LogP contribution in [0.1, 0.15) is 0 Å². The van der Waals surface area contributed by atoms with Crippen molar-refractivity contribution in [1.29, 1.82) is 0 Å². The summed E-state index contributed by atoms with van der Waals surface area (Å²) in [5.41, 5.74) is 0. The van der Waals surface area contributed by atoms with Crippen LogP contribution in [0, 0.1) is 0 Å². The summed E-state index contributed by atoms with van der Waals surface area (Å²) in [5, 5.41) is 0. The summed E-state index contributed by atoms with van der Waals surface area (Å²) < 4.78 is 36.6. The van der Waals surface area contributed by atoms with Gasteiger partial charge in [0.1, 0.15) is 28.7 Å². The number of hydrogen-bond donors (Lipinski definition) is 0. The molecule has 4 aromatic rings. The normalized spacial score (nSPS) is 11.8. The fourth-order valence-corrected chi connectivity index (χ4v) is 7.17. The molecular formula is C32H39N4O6P. The van der Waals surface area contributed by atoms with Gasteiger partial charge in [-0.1, -0.05) is 41.3 Å². The average molecular weight is 607 g/mol. The number of benzene rings is 4. The molecule has 0 saturated carbocycles. The first-order valence-corrected chi connectivity index (χ1v) is 15.2. The fraction of sp³-hybridized carbons (Fsp3) is 0.250. The summed E-state index contributed by atoms with van der Waals surface area (Å²) in [7, 11) is 9.78. The minimum absolute atomic E-state index is 0.478. The van der Waals surface area contributed by atoms with Crippen molar-refractivity contribution in [2.45, 2.75) is 6.10 Å². The Morgan fingerprint density at radius 3 is 1.21 bits per heavy atom. The number of para-hydroxylation sites is 2. The number of rotatable bonds is 14. The van der Waals surface area contributed by atoms with E-state index < -0.39 is 13.6 Å². The lowest BCUT2D eigenvalue weighted by Crippen LogP contribution is -2.61. The van der Waals surface area contributed by atoms with Crippen molar-refractivity contribution >= 4 is 7.51 Å². The zero-order valence-corrected chi connectivity index (χ0v) is 26.5. The van der Waals surface area contributed by atoms with Crippen LogP contribution < -0.4 is 28.5 Å². The number of methoxy groups -OCH3 is 2. The number of nitrogens with zero attached hydrogens (tertiary/aromatic N) is 4. The molecule has 0 N–H and O–H groups in total. The van der Waals surface area contributed by atoms with E-state index in [1.807, 2.05) is 134 Å². The van der Waals surface area contributed by atoms with Crippen molar-refractivity contribution in [1.82, 2.24) is 14.0 Å². The van der Waals surface area contributed by atoms with Gasteiger partial charge in [0, 0.05) is 7.05 Å². The standard InChI is InChI=1S/C32H39N4O6P/c1-34(2)43(35(3)4,33-42-31-24-20-27(38-7)21-25-31)36(5)32(39-28-14-10-8-11-15-28,40-29-16-12-9-13-17-29)41-30-22-18-26(37-6)19-23-30/h8-25H,1-7H3. The zero-order valence-electron chi connectivity index (χ0n) is 25.6. The van der Waals surface area contributed by atoms with Gasteiger partial charge < -0.3 is 28.5 Å². The van der Waals surface area contributed by atoms with Crippen molar-refractivity contribution in [2.24, 2.45) is 4.91 Å². The van der Waals surface area contributed by atoms with Gasteiger partial charge in [-0.05, 0) is 101 Å². The maximum Gasteiger partial charge on any atom is 0.501 e. The van der Waals surface area contributed by atoms with Crippen molar-refractivity contribution in [3.63, 3.8) is 0 Å². The van der Waals surface area contributed by atoms with Crippen LogP contribution in [0.4, 0.5) is 0 Å². The Morgan fingerprint density at radius 2 is 0.837 bits per heavy atom. The van der Waals surface area contributed by atoms with E-state index in [1.54, 1.807) is 38.5 Å². The van der Waals surface area contributed by atoms with E-state index in [0.29, 0.717) is 34.5 Å². The lowest BCUT2D eigenvalue weighted by Gasteiger charge is -2.47. The molecule has 0 aromatic heterocycles. The van der Waals surface area contributed by atoms with Crippen LogP contribution in [-0.2, 0) is 0 Å². The highest BCUT2D eigenvalue weighted by molar-refractivity contribution is 7.58. The molecule has 10 nitrogen and oxygen atoms in total. The fourth-order valence-electron chi connectivity index (χ4n) is 4.33. The first kappa shape index (κ1) is 31.7. The van der Waals surface area contributed by atoms with E-state index in [4.69, 9.17) is 33.4 Å². The van der Waals surface area contributed by atoms with Crippen LogP contribution in [0.3, 0.4) is 0 Å². The van der Waals surface area contributed by atoms with Crippen molar-refractivity contribution < 1.29 is 28.5 Å². The molecule has 0 aliphatic carbocycles. The quantitative estimate of drug-likeness (QED) is 0.0870. The maximum atomic E-state index is 6.73. The van der Waals surface area contributed by atoms with E-state index >= 15 is 0 Å². The van der Waals surface area contributed by atoms with Gasteiger partial charge in [-0.15, -0.1) is 4.67 Å². The second kappa shape index (κ2) is 14.3. The first-order chi connectivity index (χ1) is 20.7. The van der Waals surface area contributed by atoms with Crippen LogP contribution in [0.15, 0.2) is 114 Å². The van der Waals surface area contributed by atoms with Crippen molar-refractivity contribution in [3.05, 3.63) is 109 Å². The summed E-state index contributed by atoms with van der Waals surface area (Å²) in [6.45, 7) is 0. The van der Waals surface area contributed by atoms with Crippen molar-refractivity contribution in [2.75, 3.05) is 49.5 Å². The average Bonchev–Trinajstić information content (AvgIpc) is 3.02. The monoisotopic (exact) mass is 606 g/mol. The van der Waals surface area contributed by atoms with Crippen LogP contribution >= 0.6 is 7.51 Å². The van der Waals surface area contributed by atoms with Crippen LogP contribution in [0.2, 0.25) is 0 Å². The molecule has 0 amide bonds. The van der Waals surface area contributed by atoms with E-state index in [0.717, 1.165) is 0 Å². The van der Waals surface area contributed by atoms with Gasteiger partial charge in [-0.3, -0.25) is 0 Å². The first-order valence-electron chi connectivity index (χ1n) is 13.6. The molecule has 4 aromatic carbocycles. The lowest BCUT2D eigenvalue weighted by molar-refractivity contribution is -0.311. The van der Waals surface area contributed by atoms with Gasteiger partial charge >= 0.3 is 6.10 Å². The molecule has 0 aliphatic rings. The molecule has 0 bridgehead atoms. The minimum atomic E-state index is -2.99. The molecule has 11 heteroatoms. The molecule has 0 spiro atoms. The molecule has 0 saturated heterocycles. The topological polar surface area (TPSA) is 77.5 Å². The maximum absolute atomic E-state index is 6.73. The second-order valence-corrected chi connectivity index (χ2v) is 13.2. The Balaban J connectivity index is 1.91. The molecule has 0 atom stereocenters. The largest absolute Gasteiger partial charge is 0.501 e. The van der Waals surface area contributed by atoms with E-state index in [2.05, 4.69) is 0 Å². The molecule has 0 unspecified atom stereocenters. The van der Waals surface area contributed by atoms with Gasteiger partial charge in [0.15, 0.2) is 5.75 Å². The highest BCUT2D eigenvalue weighted by Gasteiger charge is 2.54. The molecule has 4 rings (SSSR count). The summed E-state index contributed by atoms with van der Waals surface area (Å²) >= 11 is 0. The van der Waals surface area contributed by atoms with E-state index in [9.17, 15) is 0 Å². The predicted molar refractivity (Wildman–Crippen MR) is 169 cm³/mol. The van der Waals surface area contributed by atoms with Gasteiger partial charge in [0.05, 0.1) is 14.2 Å². The van der Waals surface area contributed by atoms with Crippen molar-refractivity contribution in [3.8, 4) is 34.5 Å². The lowest BCUT2D eigenvalue weighted by atomic mass is 10.3. The summed E-state index contributed by atoms with van der Waals surface area (Å²) in [6, 6.07) is 33.1. The van der Waals surface area contributed by atoms with Crippen LogP contribution in [0.25, 0.3) is 0 Å². The SMILES string of the molecule is COc1ccc(ON=P(N(C)C)(N(C)C)N(C)C(Oc2ccccc2)(Oc2ccccc2)Oc2ccc(OC)cc2)cc1. The van der Waals surface area contributed by atoms with Gasteiger partial charge in [0.2, 0.25) is 7.51 Å². The molecule has 0 heterocycles. The zero-order chi connectivity index (χ0) is 30.9. The Labute approximate surface area is 254 Å². The third-order valence-corrected chi connectivity index (χ3v) is 9.97. The van der Waals surface area contributed by atoms with Crippen LogP contribution in [0.5, 0.6) is 34.5 Å². The summed E-state index contributed by atoms with van der Waals surface area (Å²) in [5.74, 6) is 3.45. The van der Waals surface area contributed by atoms with Gasteiger partial charge in [0.25, 0.3) is 0 Å².